The summed E-state index contributed by atoms with van der Waals surface area (Å²) in [5.41, 5.74) is 0.801. The number of aromatic nitrogens is 3. The maximum atomic E-state index is 10.7. The smallest absolute Gasteiger partial charge is 0.358 e. The molecule has 0 amide bonds. The normalized spacial score (nSPS) is 10.0. The second-order valence-corrected chi connectivity index (χ2v) is 3.01. The van der Waals surface area contributed by atoms with Crippen LogP contribution < -0.4 is 0 Å². The van der Waals surface area contributed by atoms with E-state index in [1.807, 2.05) is 0 Å². The van der Waals surface area contributed by atoms with Crippen LogP contribution in [-0.4, -0.2) is 24.8 Å². The van der Waals surface area contributed by atoms with Crippen molar-refractivity contribution in [2.75, 3.05) is 0 Å². The monoisotopic (exact) mass is 207 g/mol. The van der Waals surface area contributed by atoms with E-state index >= 15 is 0 Å². The third-order valence-corrected chi connectivity index (χ3v) is 2.13. The van der Waals surface area contributed by atoms with E-state index in [4.69, 9.17) is 5.11 Å². The van der Waals surface area contributed by atoms with Crippen molar-refractivity contribution in [2.45, 2.75) is 0 Å². The Bertz CT molecular complexity index is 455. The Hall–Kier alpha value is -1.82. The van der Waals surface area contributed by atoms with Crippen LogP contribution in [0, 0.1) is 0 Å². The molecule has 70 valence electrons. The lowest BCUT2D eigenvalue weighted by Gasteiger charge is -1.94. The summed E-state index contributed by atoms with van der Waals surface area (Å²) in [5.74, 6) is -1.08. The summed E-state index contributed by atoms with van der Waals surface area (Å²) in [6, 6.07) is 5.22. The molecule has 2 aromatic heterocycles. The predicted molar refractivity (Wildman–Crippen MR) is 50.1 cm³/mol. The topological polar surface area (TPSA) is 76.0 Å². The molecule has 2 heterocycles. The Labute approximate surface area is 83.4 Å². The first-order chi connectivity index (χ1) is 6.79. The Morgan fingerprint density at radius 1 is 1.36 bits per heavy atom. The average molecular weight is 207 g/mol. The van der Waals surface area contributed by atoms with Crippen molar-refractivity contribution in [3.05, 3.63) is 30.1 Å². The number of hydrogen-bond acceptors (Lipinski definition) is 5. The van der Waals surface area contributed by atoms with Gasteiger partial charge in [-0.3, -0.25) is 4.98 Å². The lowest BCUT2D eigenvalue weighted by molar-refractivity contribution is 0.0692. The van der Waals surface area contributed by atoms with Crippen molar-refractivity contribution in [3.8, 4) is 11.4 Å². The van der Waals surface area contributed by atoms with Gasteiger partial charge in [0.05, 0.1) is 17.4 Å². The highest BCUT2D eigenvalue weighted by molar-refractivity contribution is 6.99. The van der Waals surface area contributed by atoms with Gasteiger partial charge in [0.15, 0.2) is 5.69 Å². The molecule has 0 aromatic carbocycles. The van der Waals surface area contributed by atoms with Gasteiger partial charge in [-0.15, -0.1) is 0 Å². The zero-order chi connectivity index (χ0) is 9.97. The molecule has 2 aromatic rings. The minimum atomic E-state index is -1.08. The molecular weight excluding hydrogens is 202 g/mol. The molecule has 14 heavy (non-hydrogen) atoms. The van der Waals surface area contributed by atoms with Crippen LogP contribution in [0.5, 0.6) is 0 Å². The lowest BCUT2D eigenvalue weighted by atomic mass is 10.2. The van der Waals surface area contributed by atoms with Crippen LogP contribution in [0.25, 0.3) is 11.4 Å². The molecule has 0 saturated heterocycles. The van der Waals surface area contributed by atoms with Gasteiger partial charge in [0.1, 0.15) is 5.69 Å². The van der Waals surface area contributed by atoms with Crippen molar-refractivity contribution in [1.82, 2.24) is 13.7 Å². The van der Waals surface area contributed by atoms with Gasteiger partial charge in [-0.2, -0.15) is 8.75 Å². The highest BCUT2D eigenvalue weighted by Crippen LogP contribution is 2.18. The fourth-order valence-electron chi connectivity index (χ4n) is 1.000. The molecule has 0 bridgehead atoms. The predicted octanol–water partition coefficient (Wildman–Crippen LogP) is 1.30. The SMILES string of the molecule is O=C(O)c1nsnc1-c1ccccn1. The molecule has 5 nitrogen and oxygen atoms in total. The first-order valence-corrected chi connectivity index (χ1v) is 4.49. The molecule has 0 spiro atoms. The quantitative estimate of drug-likeness (QED) is 0.803. The highest BCUT2D eigenvalue weighted by Gasteiger charge is 2.17. The van der Waals surface area contributed by atoms with Crippen LogP contribution in [0.15, 0.2) is 24.4 Å². The van der Waals surface area contributed by atoms with Crippen molar-refractivity contribution in [1.29, 1.82) is 0 Å². The van der Waals surface area contributed by atoms with Gasteiger partial charge < -0.3 is 5.11 Å². The van der Waals surface area contributed by atoms with E-state index in [1.165, 1.54) is 0 Å². The number of nitrogens with zero attached hydrogens (tertiary/aromatic N) is 3. The van der Waals surface area contributed by atoms with Gasteiger partial charge in [0.2, 0.25) is 0 Å². The van der Waals surface area contributed by atoms with Crippen molar-refractivity contribution < 1.29 is 9.90 Å². The summed E-state index contributed by atoms with van der Waals surface area (Å²) in [6.45, 7) is 0. The number of hydrogen-bond donors (Lipinski definition) is 1. The molecule has 0 aliphatic rings. The molecule has 1 N–H and O–H groups in total. The van der Waals surface area contributed by atoms with E-state index in [1.54, 1.807) is 24.4 Å². The Balaban J connectivity index is 2.52. The maximum Gasteiger partial charge on any atom is 0.358 e. The number of pyridine rings is 1. The summed E-state index contributed by atoms with van der Waals surface area (Å²) in [7, 11) is 0. The molecule has 0 aliphatic carbocycles. The van der Waals surface area contributed by atoms with Gasteiger partial charge in [-0.05, 0) is 12.1 Å². The fourth-order valence-corrected chi connectivity index (χ4v) is 1.55. The van der Waals surface area contributed by atoms with Gasteiger partial charge >= 0.3 is 5.97 Å². The number of carbonyl (C=O) groups is 1. The molecular formula is C8H5N3O2S. The Kier molecular flexibility index (Phi) is 2.19. The lowest BCUT2D eigenvalue weighted by Crippen LogP contribution is -1.99. The van der Waals surface area contributed by atoms with E-state index in [2.05, 4.69) is 13.7 Å². The molecule has 0 fully saturated rings. The second-order valence-electron chi connectivity index (χ2n) is 2.48. The van der Waals surface area contributed by atoms with Gasteiger partial charge in [-0.1, -0.05) is 6.07 Å². The third-order valence-electron chi connectivity index (χ3n) is 1.60. The van der Waals surface area contributed by atoms with Crippen LogP contribution in [0.4, 0.5) is 0 Å². The van der Waals surface area contributed by atoms with Gasteiger partial charge in [-0.25, -0.2) is 4.79 Å². The van der Waals surface area contributed by atoms with E-state index in [0.29, 0.717) is 11.4 Å². The Morgan fingerprint density at radius 2 is 2.21 bits per heavy atom. The summed E-state index contributed by atoms with van der Waals surface area (Å²) in [6.07, 6.45) is 1.58. The first-order valence-electron chi connectivity index (χ1n) is 3.76. The number of carboxylic acid groups (broad SMARTS) is 1. The van der Waals surface area contributed by atoms with Crippen LogP contribution in [-0.2, 0) is 0 Å². The number of rotatable bonds is 2. The van der Waals surface area contributed by atoms with Crippen LogP contribution in [0.3, 0.4) is 0 Å². The molecule has 0 aliphatic heterocycles. The maximum absolute atomic E-state index is 10.7. The molecule has 0 radical (unpaired) electrons. The van der Waals surface area contributed by atoms with Gasteiger partial charge in [0.25, 0.3) is 0 Å². The van der Waals surface area contributed by atoms with Crippen molar-refractivity contribution >= 4 is 17.7 Å². The Morgan fingerprint density at radius 3 is 2.86 bits per heavy atom. The summed E-state index contributed by atoms with van der Waals surface area (Å²) in [5, 5.41) is 8.79. The van der Waals surface area contributed by atoms with Crippen LogP contribution >= 0.6 is 11.7 Å². The number of carboxylic acids is 1. The van der Waals surface area contributed by atoms with Crippen molar-refractivity contribution in [3.63, 3.8) is 0 Å². The summed E-state index contributed by atoms with van der Waals surface area (Å²) in [4.78, 5) is 14.7. The average Bonchev–Trinajstić information content (AvgIpc) is 2.67. The van der Waals surface area contributed by atoms with E-state index < -0.39 is 5.97 Å². The van der Waals surface area contributed by atoms with Crippen LogP contribution in [0.1, 0.15) is 10.5 Å². The molecule has 0 saturated carbocycles. The van der Waals surface area contributed by atoms with E-state index in [9.17, 15) is 4.79 Å². The fraction of sp³-hybridized carbons (Fsp3) is 0. The molecule has 2 rings (SSSR count). The zero-order valence-corrected chi connectivity index (χ0v) is 7.73. The van der Waals surface area contributed by atoms with E-state index in [-0.39, 0.29) is 5.69 Å². The minimum absolute atomic E-state index is 0.0475. The minimum Gasteiger partial charge on any atom is -0.476 e. The van der Waals surface area contributed by atoms with E-state index in [0.717, 1.165) is 11.7 Å². The molecule has 6 heteroatoms. The summed E-state index contributed by atoms with van der Waals surface area (Å²) >= 11 is 0.869. The summed E-state index contributed by atoms with van der Waals surface area (Å²) < 4.78 is 7.58. The largest absolute Gasteiger partial charge is 0.476 e. The number of aromatic carboxylic acids is 1. The van der Waals surface area contributed by atoms with Crippen molar-refractivity contribution in [2.24, 2.45) is 0 Å². The van der Waals surface area contributed by atoms with Crippen LogP contribution in [0.2, 0.25) is 0 Å². The third kappa shape index (κ3) is 1.47. The molecule has 0 unspecified atom stereocenters. The second kappa shape index (κ2) is 3.51. The van der Waals surface area contributed by atoms with Gasteiger partial charge in [0, 0.05) is 6.20 Å². The molecule has 0 atom stereocenters. The highest BCUT2D eigenvalue weighted by atomic mass is 32.1. The standard InChI is InChI=1S/C8H5N3O2S/c12-8(13)7-6(10-14-11-7)5-3-1-2-4-9-5/h1-4H,(H,12,13). The first kappa shape index (κ1) is 8.76. The zero-order valence-electron chi connectivity index (χ0n) is 6.91.